The van der Waals surface area contributed by atoms with Crippen LogP contribution in [0.5, 0.6) is 0 Å². The Labute approximate surface area is 173 Å². The molecule has 1 unspecified atom stereocenters. The van der Waals surface area contributed by atoms with E-state index in [1.54, 1.807) is 18.2 Å². The molecule has 3 aromatic carbocycles. The number of thiophene rings is 1. The van der Waals surface area contributed by atoms with Crippen molar-refractivity contribution < 1.29 is 11.0 Å². The molecule has 1 aliphatic heterocycles. The van der Waals surface area contributed by atoms with Gasteiger partial charge < -0.3 is 10.6 Å². The summed E-state index contributed by atoms with van der Waals surface area (Å²) in [5.74, 6) is -0.576. The molecule has 4 aromatic rings. The van der Waals surface area contributed by atoms with Gasteiger partial charge in [-0.3, -0.25) is 9.59 Å². The van der Waals surface area contributed by atoms with Gasteiger partial charge >= 0.3 is 0 Å². The Balaban J connectivity index is 1.61. The zero-order chi connectivity index (χ0) is 20.9. The molecular formula is C24H18N2O2S. The van der Waals surface area contributed by atoms with Gasteiger partial charge in [0.05, 0.1) is 13.0 Å². The van der Waals surface area contributed by atoms with E-state index >= 15 is 0 Å². The first-order valence-electron chi connectivity index (χ1n) is 9.79. The SMILES string of the molecule is [2H]C1(c2ccccc2C)NC(=O)c2cccc(NC(=O)c3csc4ccccc34)c21. The normalized spacial score (nSPS) is 18.2. The molecule has 5 rings (SSSR count). The van der Waals surface area contributed by atoms with Crippen LogP contribution in [0.3, 0.4) is 0 Å². The summed E-state index contributed by atoms with van der Waals surface area (Å²) in [6, 6.07) is 18.9. The van der Waals surface area contributed by atoms with E-state index < -0.39 is 6.02 Å². The monoisotopic (exact) mass is 399 g/mol. The first kappa shape index (κ1) is 16.5. The Bertz CT molecular complexity index is 1330. The molecule has 1 aromatic heterocycles. The molecule has 0 radical (unpaired) electrons. The van der Waals surface area contributed by atoms with Crippen molar-refractivity contribution in [2.24, 2.45) is 0 Å². The predicted octanol–water partition coefficient (Wildman–Crippen LogP) is 5.29. The first-order chi connectivity index (χ1) is 14.5. The van der Waals surface area contributed by atoms with Crippen LogP contribution in [0.2, 0.25) is 0 Å². The van der Waals surface area contributed by atoms with Gasteiger partial charge in [-0.1, -0.05) is 48.5 Å². The molecule has 2 amide bonds. The van der Waals surface area contributed by atoms with Crippen LogP contribution in [0.1, 0.15) is 44.8 Å². The fourth-order valence-corrected chi connectivity index (χ4v) is 4.70. The maximum atomic E-state index is 13.1. The number of carbonyl (C=O) groups is 2. The highest BCUT2D eigenvalue weighted by Gasteiger charge is 2.33. The third-order valence-corrected chi connectivity index (χ3v) is 6.15. The summed E-state index contributed by atoms with van der Waals surface area (Å²) in [4.78, 5) is 25.8. The van der Waals surface area contributed by atoms with Gasteiger partial charge in [0, 0.05) is 32.3 Å². The van der Waals surface area contributed by atoms with E-state index in [1.807, 2.05) is 60.8 Å². The van der Waals surface area contributed by atoms with Gasteiger partial charge in [-0.05, 0) is 36.2 Å². The Kier molecular flexibility index (Phi) is 3.91. The molecule has 2 N–H and O–H groups in total. The highest BCUT2D eigenvalue weighted by molar-refractivity contribution is 7.17. The number of carbonyl (C=O) groups excluding carboxylic acids is 2. The standard InChI is InChI=1S/C24H18N2O2S/c1-14-7-2-3-8-15(14)22-21-17(23(27)26-22)10-6-11-19(21)25-24(28)18-13-29-20-12-5-4-9-16(18)20/h2-13,22H,1H3,(H,25,28)(H,26,27)/i22D. The molecule has 0 saturated heterocycles. The van der Waals surface area contributed by atoms with Crippen LogP contribution < -0.4 is 10.6 Å². The number of fused-ring (bicyclic) bond motifs is 2. The maximum absolute atomic E-state index is 13.1. The lowest BCUT2D eigenvalue weighted by Crippen LogP contribution is -2.21. The maximum Gasteiger partial charge on any atom is 0.257 e. The van der Waals surface area contributed by atoms with Gasteiger partial charge in [-0.15, -0.1) is 11.3 Å². The number of rotatable bonds is 3. The number of anilines is 1. The summed E-state index contributed by atoms with van der Waals surface area (Å²) in [7, 11) is 0. The quantitative estimate of drug-likeness (QED) is 0.491. The van der Waals surface area contributed by atoms with E-state index in [1.165, 1.54) is 11.3 Å². The Morgan fingerprint density at radius 2 is 1.86 bits per heavy atom. The first-order valence-corrected chi connectivity index (χ1v) is 10.2. The van der Waals surface area contributed by atoms with Crippen LogP contribution >= 0.6 is 11.3 Å². The van der Waals surface area contributed by atoms with Crippen molar-refractivity contribution in [1.29, 1.82) is 0 Å². The second-order valence-electron chi connectivity index (χ2n) is 6.97. The van der Waals surface area contributed by atoms with Crippen LogP contribution in [0.15, 0.2) is 72.1 Å². The van der Waals surface area contributed by atoms with Crippen molar-refractivity contribution >= 4 is 38.9 Å². The van der Waals surface area contributed by atoms with Crippen LogP contribution in [0.4, 0.5) is 5.69 Å². The largest absolute Gasteiger partial charge is 0.341 e. The highest BCUT2D eigenvalue weighted by Crippen LogP contribution is 2.38. The van der Waals surface area contributed by atoms with Gasteiger partial charge in [0.1, 0.15) is 0 Å². The lowest BCUT2D eigenvalue weighted by atomic mass is 9.93. The molecule has 1 aliphatic rings. The van der Waals surface area contributed by atoms with Crippen LogP contribution in [-0.2, 0) is 0 Å². The summed E-state index contributed by atoms with van der Waals surface area (Å²) in [6.45, 7) is 1.91. The zero-order valence-electron chi connectivity index (χ0n) is 16.7. The van der Waals surface area contributed by atoms with Gasteiger partial charge in [-0.25, -0.2) is 0 Å². The predicted molar refractivity (Wildman–Crippen MR) is 117 cm³/mol. The molecule has 0 fully saturated rings. The van der Waals surface area contributed by atoms with E-state index in [4.69, 9.17) is 0 Å². The minimum Gasteiger partial charge on any atom is -0.341 e. The minimum atomic E-state index is -1.47. The number of nitrogens with one attached hydrogen (secondary N) is 2. The Morgan fingerprint density at radius 3 is 2.72 bits per heavy atom. The molecule has 0 aliphatic carbocycles. The summed E-state index contributed by atoms with van der Waals surface area (Å²) < 4.78 is 10.2. The van der Waals surface area contributed by atoms with E-state index in [-0.39, 0.29) is 11.8 Å². The number of benzene rings is 3. The number of aryl methyl sites for hydroxylation is 1. The molecule has 5 heteroatoms. The molecule has 1 atom stereocenters. The average molecular weight is 399 g/mol. The number of hydrogen-bond acceptors (Lipinski definition) is 3. The summed E-state index contributed by atoms with van der Waals surface area (Å²) in [5, 5.41) is 8.49. The molecule has 29 heavy (non-hydrogen) atoms. The van der Waals surface area contributed by atoms with Crippen molar-refractivity contribution in [3.05, 3.63) is 99.9 Å². The molecular weight excluding hydrogens is 380 g/mol. The Hall–Kier alpha value is -3.44. The molecule has 0 spiro atoms. The summed E-state index contributed by atoms with van der Waals surface area (Å²) in [5.41, 5.74) is 3.49. The van der Waals surface area contributed by atoms with E-state index in [2.05, 4.69) is 10.6 Å². The van der Waals surface area contributed by atoms with Crippen molar-refractivity contribution in [2.45, 2.75) is 12.9 Å². The fourth-order valence-electron chi connectivity index (χ4n) is 3.76. The van der Waals surface area contributed by atoms with Gasteiger partial charge in [0.2, 0.25) is 0 Å². The zero-order valence-corrected chi connectivity index (χ0v) is 16.5. The third-order valence-electron chi connectivity index (χ3n) is 5.19. The third kappa shape index (κ3) is 2.91. The van der Waals surface area contributed by atoms with Crippen molar-refractivity contribution in [2.75, 3.05) is 5.32 Å². The molecule has 0 bridgehead atoms. The lowest BCUT2D eigenvalue weighted by Gasteiger charge is -2.18. The summed E-state index contributed by atoms with van der Waals surface area (Å²) in [6.07, 6.45) is 0. The number of amides is 2. The minimum absolute atomic E-state index is 0.257. The summed E-state index contributed by atoms with van der Waals surface area (Å²) >= 11 is 1.51. The van der Waals surface area contributed by atoms with Crippen LogP contribution in [-0.4, -0.2) is 11.8 Å². The van der Waals surface area contributed by atoms with E-state index in [9.17, 15) is 11.0 Å². The van der Waals surface area contributed by atoms with Gasteiger partial charge in [0.15, 0.2) is 0 Å². The van der Waals surface area contributed by atoms with Crippen molar-refractivity contribution in [3.8, 4) is 0 Å². The van der Waals surface area contributed by atoms with Crippen LogP contribution in [0, 0.1) is 6.92 Å². The lowest BCUT2D eigenvalue weighted by molar-refractivity contribution is 0.0959. The second-order valence-corrected chi connectivity index (χ2v) is 7.88. The van der Waals surface area contributed by atoms with Gasteiger partial charge in [0.25, 0.3) is 11.8 Å². The van der Waals surface area contributed by atoms with Crippen LogP contribution in [0.25, 0.3) is 10.1 Å². The fraction of sp³-hybridized carbons (Fsp3) is 0.0833. The van der Waals surface area contributed by atoms with E-state index in [0.29, 0.717) is 27.9 Å². The molecule has 142 valence electrons. The number of hydrogen-bond donors (Lipinski definition) is 2. The molecule has 0 saturated carbocycles. The highest BCUT2D eigenvalue weighted by atomic mass is 32.1. The van der Waals surface area contributed by atoms with E-state index in [0.717, 1.165) is 15.6 Å². The topological polar surface area (TPSA) is 58.2 Å². The van der Waals surface area contributed by atoms with Gasteiger partial charge in [-0.2, -0.15) is 0 Å². The average Bonchev–Trinajstić information content (AvgIpc) is 3.28. The smallest absolute Gasteiger partial charge is 0.257 e. The molecule has 4 nitrogen and oxygen atoms in total. The second kappa shape index (κ2) is 6.87. The Morgan fingerprint density at radius 1 is 1.07 bits per heavy atom. The van der Waals surface area contributed by atoms with Crippen molar-refractivity contribution in [1.82, 2.24) is 5.32 Å². The van der Waals surface area contributed by atoms with Crippen molar-refractivity contribution in [3.63, 3.8) is 0 Å². The molecule has 2 heterocycles.